The number of aromatic nitrogens is 1. The van der Waals surface area contributed by atoms with Crippen LogP contribution in [-0.4, -0.2) is 4.57 Å². The summed E-state index contributed by atoms with van der Waals surface area (Å²) in [6.07, 6.45) is 0. The highest BCUT2D eigenvalue weighted by molar-refractivity contribution is 7.26. The molecule has 0 N–H and O–H groups in total. The average molecular weight is 719 g/mol. The van der Waals surface area contributed by atoms with Gasteiger partial charge in [-0.1, -0.05) is 133 Å². The fraction of sp³-hybridized carbons (Fsp3) is 0. The van der Waals surface area contributed by atoms with Gasteiger partial charge in [-0.25, -0.2) is 0 Å². The maximum absolute atomic E-state index is 2.40. The molecule has 0 bridgehead atoms. The lowest BCUT2D eigenvalue weighted by molar-refractivity contribution is 1.19. The van der Waals surface area contributed by atoms with Crippen LogP contribution in [0.25, 0.3) is 80.7 Å². The minimum absolute atomic E-state index is 1.11. The molecule has 0 unspecified atom stereocenters. The number of thiophene rings is 1. The smallest absolute Gasteiger partial charge is 0.0541 e. The Morgan fingerprint density at radius 2 is 0.982 bits per heavy atom. The lowest BCUT2D eigenvalue weighted by Crippen LogP contribution is -2.09. The summed E-state index contributed by atoms with van der Waals surface area (Å²) >= 11 is 1.88. The van der Waals surface area contributed by atoms with E-state index in [2.05, 4.69) is 216 Å². The van der Waals surface area contributed by atoms with Crippen LogP contribution in [0, 0.1) is 0 Å². The third-order valence-corrected chi connectivity index (χ3v) is 12.2. The Bertz CT molecular complexity index is 3190. The topological polar surface area (TPSA) is 8.17 Å². The number of nitrogens with zero attached hydrogens (tertiary/aromatic N) is 2. The summed E-state index contributed by atoms with van der Waals surface area (Å²) in [4.78, 5) is 2.34. The average Bonchev–Trinajstić information content (AvgIpc) is 3.80. The quantitative estimate of drug-likeness (QED) is 0.166. The van der Waals surface area contributed by atoms with Crippen LogP contribution in [0.1, 0.15) is 0 Å². The molecule has 0 radical (unpaired) electrons. The summed E-state index contributed by atoms with van der Waals surface area (Å²) in [5.74, 6) is 0. The van der Waals surface area contributed by atoms with Crippen molar-refractivity contribution in [1.29, 1.82) is 0 Å². The van der Waals surface area contributed by atoms with Crippen molar-refractivity contribution in [2.75, 3.05) is 4.90 Å². The Morgan fingerprint density at radius 1 is 0.364 bits per heavy atom. The molecular weight excluding hydrogens is 685 g/mol. The van der Waals surface area contributed by atoms with E-state index >= 15 is 0 Å². The van der Waals surface area contributed by atoms with Crippen LogP contribution in [0.3, 0.4) is 0 Å². The molecule has 0 aliphatic carbocycles. The van der Waals surface area contributed by atoms with Crippen molar-refractivity contribution in [3.8, 4) is 27.9 Å². The van der Waals surface area contributed by atoms with E-state index in [-0.39, 0.29) is 0 Å². The zero-order valence-corrected chi connectivity index (χ0v) is 30.7. The van der Waals surface area contributed by atoms with Crippen molar-refractivity contribution in [1.82, 2.24) is 4.57 Å². The number of anilines is 3. The van der Waals surface area contributed by atoms with Crippen LogP contribution in [-0.2, 0) is 0 Å². The Labute approximate surface area is 323 Å². The van der Waals surface area contributed by atoms with Gasteiger partial charge in [-0.05, 0) is 106 Å². The van der Waals surface area contributed by atoms with E-state index in [0.717, 1.165) is 17.1 Å². The van der Waals surface area contributed by atoms with Gasteiger partial charge in [0.1, 0.15) is 0 Å². The van der Waals surface area contributed by atoms with E-state index in [9.17, 15) is 0 Å². The maximum Gasteiger partial charge on any atom is 0.0541 e. The molecule has 0 aliphatic heterocycles. The standard InChI is InChI=1S/C52H34N2S/c1-2-13-40(14-3-1)53(42-29-24-37(25-30-42)44-17-10-18-47-46-16-7-9-20-51(46)55-52(44)47)41-27-21-36(22-28-41)39-26-32-50-48(34-39)45-15-6-8-19-49(45)54(50)43-31-23-35-11-4-5-12-38(35)33-43/h1-34H. The Kier molecular flexibility index (Phi) is 7.39. The van der Waals surface area contributed by atoms with E-state index in [0.29, 0.717) is 0 Å². The van der Waals surface area contributed by atoms with E-state index in [1.54, 1.807) is 0 Å². The third kappa shape index (κ3) is 5.32. The second kappa shape index (κ2) is 12.9. The Hall–Kier alpha value is -6.94. The predicted molar refractivity (Wildman–Crippen MR) is 237 cm³/mol. The second-order valence-electron chi connectivity index (χ2n) is 14.2. The molecule has 3 heteroatoms. The highest BCUT2D eigenvalue weighted by Crippen LogP contribution is 2.42. The van der Waals surface area contributed by atoms with Gasteiger partial charge in [0.2, 0.25) is 0 Å². The van der Waals surface area contributed by atoms with Crippen LogP contribution >= 0.6 is 11.3 Å². The van der Waals surface area contributed by atoms with Gasteiger partial charge in [0.05, 0.1) is 11.0 Å². The number of benzene rings is 9. The first kappa shape index (κ1) is 31.6. The molecule has 0 fully saturated rings. The third-order valence-electron chi connectivity index (χ3n) is 11.0. The lowest BCUT2D eigenvalue weighted by Gasteiger charge is -2.26. The van der Waals surface area contributed by atoms with Crippen molar-refractivity contribution < 1.29 is 0 Å². The van der Waals surface area contributed by atoms with Gasteiger partial charge < -0.3 is 9.47 Å². The molecule has 258 valence electrons. The first-order chi connectivity index (χ1) is 27.3. The highest BCUT2D eigenvalue weighted by Gasteiger charge is 2.17. The fourth-order valence-corrected chi connectivity index (χ4v) is 9.58. The normalized spacial score (nSPS) is 11.6. The molecule has 11 rings (SSSR count). The SMILES string of the molecule is c1ccc(N(c2ccc(-c3ccc4c(c3)c3ccccc3n4-c3ccc4ccccc4c3)cc2)c2ccc(-c3cccc4c3sc3ccccc34)cc2)cc1. The van der Waals surface area contributed by atoms with Gasteiger partial charge >= 0.3 is 0 Å². The first-order valence-corrected chi connectivity index (χ1v) is 19.6. The summed E-state index contributed by atoms with van der Waals surface area (Å²) in [6.45, 7) is 0. The summed E-state index contributed by atoms with van der Waals surface area (Å²) < 4.78 is 5.06. The maximum atomic E-state index is 2.40. The molecule has 55 heavy (non-hydrogen) atoms. The molecule has 0 aliphatic rings. The summed E-state index contributed by atoms with van der Waals surface area (Å²) in [6, 6.07) is 75.1. The molecule has 11 aromatic rings. The number of hydrogen-bond acceptors (Lipinski definition) is 2. The second-order valence-corrected chi connectivity index (χ2v) is 15.2. The van der Waals surface area contributed by atoms with Crippen LogP contribution in [0.5, 0.6) is 0 Å². The Morgan fingerprint density at radius 3 is 1.80 bits per heavy atom. The largest absolute Gasteiger partial charge is 0.311 e. The number of hydrogen-bond donors (Lipinski definition) is 0. The van der Waals surface area contributed by atoms with E-state index < -0.39 is 0 Å². The van der Waals surface area contributed by atoms with Gasteiger partial charge in [0.25, 0.3) is 0 Å². The molecule has 0 saturated heterocycles. The lowest BCUT2D eigenvalue weighted by atomic mass is 10.0. The minimum Gasteiger partial charge on any atom is -0.311 e. The van der Waals surface area contributed by atoms with Crippen LogP contribution in [0.4, 0.5) is 17.1 Å². The van der Waals surface area contributed by atoms with E-state index in [1.165, 1.54) is 80.7 Å². The molecule has 2 nitrogen and oxygen atoms in total. The molecule has 9 aromatic carbocycles. The number of para-hydroxylation sites is 2. The fourth-order valence-electron chi connectivity index (χ4n) is 8.34. The first-order valence-electron chi connectivity index (χ1n) is 18.8. The highest BCUT2D eigenvalue weighted by atomic mass is 32.1. The van der Waals surface area contributed by atoms with Gasteiger partial charge in [0.15, 0.2) is 0 Å². The Balaban J connectivity index is 0.960. The van der Waals surface area contributed by atoms with Crippen molar-refractivity contribution in [3.05, 3.63) is 206 Å². The van der Waals surface area contributed by atoms with Gasteiger partial charge in [-0.3, -0.25) is 0 Å². The minimum atomic E-state index is 1.11. The molecule has 2 aromatic heterocycles. The zero-order valence-electron chi connectivity index (χ0n) is 29.9. The van der Waals surface area contributed by atoms with Gasteiger partial charge in [0, 0.05) is 53.7 Å². The van der Waals surface area contributed by atoms with Crippen molar-refractivity contribution in [2.24, 2.45) is 0 Å². The summed E-state index contributed by atoms with van der Waals surface area (Å²) in [7, 11) is 0. The van der Waals surface area contributed by atoms with Crippen molar-refractivity contribution in [3.63, 3.8) is 0 Å². The number of fused-ring (bicyclic) bond motifs is 7. The molecule has 2 heterocycles. The number of rotatable bonds is 6. The summed E-state index contributed by atoms with van der Waals surface area (Å²) in [5.41, 5.74) is 11.8. The monoisotopic (exact) mass is 718 g/mol. The molecule has 0 atom stereocenters. The molecular formula is C52H34N2S. The van der Waals surface area contributed by atoms with Crippen LogP contribution in [0.2, 0.25) is 0 Å². The zero-order chi connectivity index (χ0) is 36.3. The van der Waals surface area contributed by atoms with Gasteiger partial charge in [-0.2, -0.15) is 0 Å². The molecule has 0 spiro atoms. The van der Waals surface area contributed by atoms with Crippen LogP contribution < -0.4 is 4.90 Å². The van der Waals surface area contributed by atoms with Gasteiger partial charge in [-0.15, -0.1) is 11.3 Å². The predicted octanol–water partition coefficient (Wildman–Crippen LogP) is 15.1. The molecule has 0 amide bonds. The van der Waals surface area contributed by atoms with E-state index in [4.69, 9.17) is 0 Å². The van der Waals surface area contributed by atoms with Crippen molar-refractivity contribution >= 4 is 81.1 Å². The van der Waals surface area contributed by atoms with Crippen molar-refractivity contribution in [2.45, 2.75) is 0 Å². The summed E-state index contributed by atoms with van der Waals surface area (Å²) in [5, 5.41) is 7.65. The molecule has 0 saturated carbocycles. The van der Waals surface area contributed by atoms with E-state index in [1.807, 2.05) is 11.3 Å². The van der Waals surface area contributed by atoms with Crippen LogP contribution in [0.15, 0.2) is 206 Å².